The van der Waals surface area contributed by atoms with Crippen molar-refractivity contribution in [2.24, 2.45) is 0 Å². The first-order valence-electron chi connectivity index (χ1n) is 6.14. The van der Waals surface area contributed by atoms with Crippen molar-refractivity contribution in [2.75, 3.05) is 5.73 Å². The van der Waals surface area contributed by atoms with Gasteiger partial charge in [0.1, 0.15) is 0 Å². The van der Waals surface area contributed by atoms with E-state index in [1.807, 2.05) is 13.0 Å². The van der Waals surface area contributed by atoms with E-state index < -0.39 is 0 Å². The van der Waals surface area contributed by atoms with Crippen molar-refractivity contribution in [3.8, 4) is 11.5 Å². The number of hydrogen-bond acceptors (Lipinski definition) is 5. The van der Waals surface area contributed by atoms with Gasteiger partial charge in [-0.15, -0.1) is 0 Å². The minimum Gasteiger partial charge on any atom is -0.399 e. The molecule has 1 fully saturated rings. The van der Waals surface area contributed by atoms with Crippen LogP contribution in [-0.4, -0.2) is 22.1 Å². The van der Waals surface area contributed by atoms with Gasteiger partial charge in [-0.1, -0.05) is 11.2 Å². The number of nitrogens with two attached hydrogens (primary N) is 1. The Morgan fingerprint density at radius 1 is 1.47 bits per heavy atom. The SMILES string of the molecule is Cc1ccc(N)cc1-c1nc(C(=O)NC2CC2)no1. The van der Waals surface area contributed by atoms with Crippen LogP contribution in [0.15, 0.2) is 22.7 Å². The van der Waals surface area contributed by atoms with Gasteiger partial charge >= 0.3 is 0 Å². The summed E-state index contributed by atoms with van der Waals surface area (Å²) in [6, 6.07) is 5.70. The van der Waals surface area contributed by atoms with Crippen LogP contribution in [0, 0.1) is 6.92 Å². The molecule has 0 radical (unpaired) electrons. The second-order valence-electron chi connectivity index (χ2n) is 4.75. The van der Waals surface area contributed by atoms with Crippen molar-refractivity contribution in [2.45, 2.75) is 25.8 Å². The Labute approximate surface area is 110 Å². The minimum absolute atomic E-state index is 0.0590. The van der Waals surface area contributed by atoms with Crippen LogP contribution in [0.4, 0.5) is 5.69 Å². The molecule has 3 rings (SSSR count). The average Bonchev–Trinajstić information content (AvgIpc) is 3.06. The van der Waals surface area contributed by atoms with Crippen LogP contribution in [0.3, 0.4) is 0 Å². The van der Waals surface area contributed by atoms with E-state index in [-0.39, 0.29) is 17.8 Å². The van der Waals surface area contributed by atoms with Gasteiger partial charge in [-0.3, -0.25) is 4.79 Å². The van der Waals surface area contributed by atoms with Gasteiger partial charge in [-0.25, -0.2) is 0 Å². The third kappa shape index (κ3) is 2.42. The van der Waals surface area contributed by atoms with E-state index in [4.69, 9.17) is 10.3 Å². The van der Waals surface area contributed by atoms with E-state index in [1.54, 1.807) is 12.1 Å². The lowest BCUT2D eigenvalue weighted by Crippen LogP contribution is -2.26. The van der Waals surface area contributed by atoms with E-state index in [1.165, 1.54) is 0 Å². The fourth-order valence-electron chi connectivity index (χ4n) is 1.77. The molecule has 6 heteroatoms. The number of nitrogen functional groups attached to an aromatic ring is 1. The summed E-state index contributed by atoms with van der Waals surface area (Å²) < 4.78 is 5.13. The molecular weight excluding hydrogens is 244 g/mol. The summed E-state index contributed by atoms with van der Waals surface area (Å²) in [5.41, 5.74) is 8.06. The molecule has 19 heavy (non-hydrogen) atoms. The summed E-state index contributed by atoms with van der Waals surface area (Å²) in [6.45, 7) is 1.92. The monoisotopic (exact) mass is 258 g/mol. The van der Waals surface area contributed by atoms with Gasteiger partial charge in [0.05, 0.1) is 0 Å². The first kappa shape index (κ1) is 11.7. The number of carbonyl (C=O) groups excluding carboxylic acids is 1. The maximum Gasteiger partial charge on any atom is 0.292 e. The van der Waals surface area contributed by atoms with E-state index in [2.05, 4.69) is 15.5 Å². The number of aromatic nitrogens is 2. The molecule has 6 nitrogen and oxygen atoms in total. The Hall–Kier alpha value is -2.37. The van der Waals surface area contributed by atoms with Gasteiger partial charge in [0.2, 0.25) is 0 Å². The van der Waals surface area contributed by atoms with Gasteiger partial charge in [0.15, 0.2) is 0 Å². The molecule has 0 bridgehead atoms. The lowest BCUT2D eigenvalue weighted by Gasteiger charge is -2.01. The van der Waals surface area contributed by atoms with Crippen LogP contribution >= 0.6 is 0 Å². The maximum atomic E-state index is 11.8. The number of amides is 1. The smallest absolute Gasteiger partial charge is 0.292 e. The predicted molar refractivity (Wildman–Crippen MR) is 69.4 cm³/mol. The zero-order valence-electron chi connectivity index (χ0n) is 10.5. The van der Waals surface area contributed by atoms with Crippen LogP contribution < -0.4 is 11.1 Å². The highest BCUT2D eigenvalue weighted by molar-refractivity contribution is 5.91. The van der Waals surface area contributed by atoms with Crippen molar-refractivity contribution in [3.05, 3.63) is 29.6 Å². The summed E-state index contributed by atoms with van der Waals surface area (Å²) in [7, 11) is 0. The van der Waals surface area contributed by atoms with Crippen LogP contribution in [0.2, 0.25) is 0 Å². The number of carbonyl (C=O) groups is 1. The minimum atomic E-state index is -0.293. The van der Waals surface area contributed by atoms with Crippen LogP contribution in [0.1, 0.15) is 29.0 Å². The summed E-state index contributed by atoms with van der Waals surface area (Å²) in [5, 5.41) is 6.52. The van der Waals surface area contributed by atoms with Crippen molar-refractivity contribution in [1.82, 2.24) is 15.5 Å². The topological polar surface area (TPSA) is 94.0 Å². The highest BCUT2D eigenvalue weighted by Crippen LogP contribution is 2.24. The average molecular weight is 258 g/mol. The first-order chi connectivity index (χ1) is 9.13. The van der Waals surface area contributed by atoms with Gasteiger partial charge in [-0.2, -0.15) is 4.98 Å². The molecule has 1 heterocycles. The Balaban J connectivity index is 1.87. The van der Waals surface area contributed by atoms with Gasteiger partial charge in [0, 0.05) is 17.3 Å². The molecule has 1 amide bonds. The summed E-state index contributed by atoms with van der Waals surface area (Å²) >= 11 is 0. The fourth-order valence-corrected chi connectivity index (χ4v) is 1.77. The molecule has 0 unspecified atom stereocenters. The Morgan fingerprint density at radius 2 is 2.26 bits per heavy atom. The van der Waals surface area contributed by atoms with Crippen molar-refractivity contribution in [3.63, 3.8) is 0 Å². The molecule has 0 aliphatic heterocycles. The summed E-state index contributed by atoms with van der Waals surface area (Å²) in [4.78, 5) is 15.9. The van der Waals surface area contributed by atoms with Crippen LogP contribution in [0.25, 0.3) is 11.5 Å². The Bertz CT molecular complexity index is 631. The van der Waals surface area contributed by atoms with Crippen molar-refractivity contribution >= 4 is 11.6 Å². The third-order valence-electron chi connectivity index (χ3n) is 3.03. The zero-order chi connectivity index (χ0) is 13.4. The molecule has 1 aromatic carbocycles. The maximum absolute atomic E-state index is 11.8. The molecule has 1 aromatic heterocycles. The van der Waals surface area contributed by atoms with Crippen molar-refractivity contribution in [1.29, 1.82) is 0 Å². The lowest BCUT2D eigenvalue weighted by molar-refractivity contribution is 0.0937. The number of aryl methyl sites for hydroxylation is 1. The molecule has 3 N–H and O–H groups in total. The third-order valence-corrected chi connectivity index (χ3v) is 3.03. The Kier molecular flexibility index (Phi) is 2.70. The van der Waals surface area contributed by atoms with Crippen molar-refractivity contribution < 1.29 is 9.32 Å². The summed E-state index contributed by atoms with van der Waals surface area (Å²) in [5.74, 6) is 0.0773. The van der Waals surface area contributed by atoms with E-state index in [0.29, 0.717) is 11.6 Å². The van der Waals surface area contributed by atoms with Gasteiger partial charge in [0.25, 0.3) is 17.6 Å². The number of anilines is 1. The fraction of sp³-hybridized carbons (Fsp3) is 0.308. The largest absolute Gasteiger partial charge is 0.399 e. The second kappa shape index (κ2) is 4.38. The molecule has 2 aromatic rings. The van der Waals surface area contributed by atoms with Crippen LogP contribution in [-0.2, 0) is 0 Å². The van der Waals surface area contributed by atoms with E-state index >= 15 is 0 Å². The lowest BCUT2D eigenvalue weighted by atomic mass is 10.1. The number of nitrogens with one attached hydrogen (secondary N) is 1. The number of hydrogen-bond donors (Lipinski definition) is 2. The highest BCUT2D eigenvalue weighted by Gasteiger charge is 2.26. The molecular formula is C13H14N4O2. The highest BCUT2D eigenvalue weighted by atomic mass is 16.5. The van der Waals surface area contributed by atoms with E-state index in [9.17, 15) is 4.79 Å². The number of rotatable bonds is 3. The van der Waals surface area contributed by atoms with E-state index in [0.717, 1.165) is 24.0 Å². The molecule has 1 aliphatic carbocycles. The standard InChI is InChI=1S/C13H14N4O2/c1-7-2-3-8(14)6-10(7)13-16-11(17-19-13)12(18)15-9-4-5-9/h2-3,6,9H,4-5,14H2,1H3,(H,15,18). The predicted octanol–water partition coefficient (Wildman–Crippen LogP) is 1.52. The van der Waals surface area contributed by atoms with Gasteiger partial charge < -0.3 is 15.6 Å². The summed E-state index contributed by atoms with van der Waals surface area (Å²) in [6.07, 6.45) is 2.04. The van der Waals surface area contributed by atoms with Crippen LogP contribution in [0.5, 0.6) is 0 Å². The second-order valence-corrected chi connectivity index (χ2v) is 4.75. The molecule has 0 spiro atoms. The normalized spacial score (nSPS) is 14.4. The number of nitrogens with zero attached hydrogens (tertiary/aromatic N) is 2. The zero-order valence-corrected chi connectivity index (χ0v) is 10.5. The number of benzene rings is 1. The first-order valence-corrected chi connectivity index (χ1v) is 6.14. The molecule has 1 aliphatic rings. The molecule has 1 saturated carbocycles. The quantitative estimate of drug-likeness (QED) is 0.814. The molecule has 0 saturated heterocycles. The van der Waals surface area contributed by atoms with Gasteiger partial charge in [-0.05, 0) is 37.5 Å². The Morgan fingerprint density at radius 3 is 3.00 bits per heavy atom. The molecule has 98 valence electrons. The molecule has 0 atom stereocenters.